The zero-order valence-corrected chi connectivity index (χ0v) is 75.6. The van der Waals surface area contributed by atoms with E-state index in [1.165, 1.54) is 86.4 Å². The summed E-state index contributed by atoms with van der Waals surface area (Å²) in [6.07, 6.45) is -28.8. The third-order valence-corrected chi connectivity index (χ3v) is 25.5. The summed E-state index contributed by atoms with van der Waals surface area (Å²) in [6, 6.07) is 13.1. The predicted molar refractivity (Wildman–Crippen MR) is 466 cm³/mol. The zero-order valence-electron chi connectivity index (χ0n) is 75.6. The number of phenolic OH excluding ortho intramolecular Hbond substituents is 4. The fourth-order valence-corrected chi connectivity index (χ4v) is 18.2. The number of ether oxygens (including phenoxy) is 13. The maximum atomic E-state index is 14.9. The number of carbonyl (C=O) groups excluding carboxylic acids is 10. The fourth-order valence-electron chi connectivity index (χ4n) is 18.2. The molecule has 7 unspecified atom stereocenters. The van der Waals surface area contributed by atoms with Crippen molar-refractivity contribution in [1.29, 1.82) is 0 Å². The number of nitrogens with zero attached hydrogens (tertiary/aromatic N) is 4. The molecule has 14 rings (SSSR count). The molecule has 6 aromatic carbocycles. The second kappa shape index (κ2) is 43.4. The number of Topliss-reactive ketones (excluding diaryl/α,β-unsaturated/α-hetero) is 2. The molecule has 746 valence electrons. The van der Waals surface area contributed by atoms with Crippen molar-refractivity contribution in [2.45, 2.75) is 215 Å². The van der Waals surface area contributed by atoms with Gasteiger partial charge in [-0.1, -0.05) is 60.7 Å². The van der Waals surface area contributed by atoms with Gasteiger partial charge in [-0.3, -0.25) is 48.5 Å². The van der Waals surface area contributed by atoms with Crippen LogP contribution in [0.4, 0.5) is 15.3 Å². The number of aryl methyl sites for hydroxylation is 1. The van der Waals surface area contributed by atoms with Gasteiger partial charge in [0.2, 0.25) is 18.0 Å². The summed E-state index contributed by atoms with van der Waals surface area (Å²) in [5.41, 5.74) is -10.1. The van der Waals surface area contributed by atoms with Gasteiger partial charge in [-0.25, -0.2) is 14.3 Å². The first-order chi connectivity index (χ1) is 66.3. The maximum absolute atomic E-state index is 14.9. The summed E-state index contributed by atoms with van der Waals surface area (Å²) in [5, 5.41) is 187. The Morgan fingerprint density at radius 3 is 1.71 bits per heavy atom. The number of esters is 1. The number of nitro benzene ring substituents is 1. The Morgan fingerprint density at radius 2 is 1.15 bits per heavy atom. The summed E-state index contributed by atoms with van der Waals surface area (Å²) in [6.45, 7) is 2.94. The number of aromatic nitrogens is 3. The van der Waals surface area contributed by atoms with Crippen LogP contribution in [0, 0.1) is 17.0 Å². The van der Waals surface area contributed by atoms with Crippen molar-refractivity contribution in [1.82, 2.24) is 30.9 Å². The number of alkyl carbamates (subject to hydrolysis) is 2. The minimum Gasteiger partial charge on any atom is -0.507 e. The normalized spacial score (nSPS) is 25.4. The molecular formula is C93H105N7O39. The number of hydrogen-bond donors (Lipinski definition) is 17. The van der Waals surface area contributed by atoms with Crippen molar-refractivity contribution >= 4 is 64.4 Å². The number of aliphatic hydroxyl groups is 10. The van der Waals surface area contributed by atoms with Crippen molar-refractivity contribution in [2.24, 2.45) is 0 Å². The summed E-state index contributed by atoms with van der Waals surface area (Å²) in [5.74, 6) is -11.3. The topological polar surface area (TPSA) is 684 Å². The molecule has 3 aliphatic heterocycles. The van der Waals surface area contributed by atoms with Crippen LogP contribution in [0.15, 0.2) is 79.0 Å². The number of amides is 3. The molecule has 3 saturated heterocycles. The number of methoxy groups -OCH3 is 1. The van der Waals surface area contributed by atoms with Crippen molar-refractivity contribution in [3.8, 4) is 34.5 Å². The lowest BCUT2D eigenvalue weighted by atomic mass is 9.71. The van der Waals surface area contributed by atoms with Crippen molar-refractivity contribution in [2.75, 3.05) is 73.1 Å². The minimum atomic E-state index is -2.58. The highest BCUT2D eigenvalue weighted by Gasteiger charge is 2.54. The van der Waals surface area contributed by atoms with Crippen LogP contribution < -0.4 is 25.4 Å². The number of aromatic hydroxyl groups is 4. The number of benzene rings is 6. The lowest BCUT2D eigenvalue weighted by Gasteiger charge is -2.42. The molecule has 0 bridgehead atoms. The molecule has 46 heteroatoms. The highest BCUT2D eigenvalue weighted by atomic mass is 16.7. The number of aliphatic hydroxyl groups excluding tert-OH is 8. The van der Waals surface area contributed by atoms with Gasteiger partial charge in [0.05, 0.1) is 141 Å². The summed E-state index contributed by atoms with van der Waals surface area (Å²) >= 11 is 0. The van der Waals surface area contributed by atoms with E-state index in [1.807, 2.05) is 0 Å². The van der Waals surface area contributed by atoms with Crippen molar-refractivity contribution < 1.29 is 186 Å². The van der Waals surface area contributed by atoms with Gasteiger partial charge in [0.25, 0.3) is 0 Å². The van der Waals surface area contributed by atoms with E-state index in [0.717, 1.165) is 12.1 Å². The first-order valence-corrected chi connectivity index (χ1v) is 44.5. The quantitative estimate of drug-likeness (QED) is 0.00637. The van der Waals surface area contributed by atoms with Gasteiger partial charge < -0.3 is 149 Å². The standard InChI is InChI=1S/C93H105N7O39/c1-6-64(106)94-17-19-128-21-23-130-24-22-129-20-18-99-35-48(97-98-99)28-58(46-15-16-56(55(26-46)100(125)126)138-89-88(120)87(119)82(114)61(36-101)139-89)135-65(107)27-45-14-13-44(39-131-90(121)95-53-29-66(133-42(3)76(53)108)136-59-33-92(123,62(104)37-102)31-51-70(59)85(117)74-72(80(51)112)78(110)49-10-7-9-41(2)68(49)83(74)115)25-47(45)40-132-91(122)96-54-30-67(134-43(4)77(54)109)137-60-34-93(124,63(105)38-103)32-52-71(60)86(118)75-73(81(52)113)79(111)50-11-8-12-57(127-5)69(50)84(75)116/h7-16,25-26,35,42-43,53-54,58-61,66-67,76-77,82,87-89,101-103,108-109,112-114,117-120,123-124H,6,17-24,27-34,36-40H2,1-5H3,(H,94,106)(H,95,121)(H,96,122)/t42?,43?,53-,54-,58?,59+,60+,61?,66+,67+,76?,77?,82+,87?,88+,89-,92+,93+/m1/s1. The molecule has 0 radical (unpaired) electrons. The fraction of sp³-hybridized carbons (Fsp3) is 0.484. The van der Waals surface area contributed by atoms with E-state index < -0.39 is 307 Å². The number of rotatable bonds is 38. The Morgan fingerprint density at radius 1 is 0.612 bits per heavy atom. The van der Waals surface area contributed by atoms with E-state index in [4.69, 9.17) is 61.6 Å². The Labute approximate surface area is 789 Å². The van der Waals surface area contributed by atoms with Crippen LogP contribution in [0.2, 0.25) is 0 Å². The lowest BCUT2D eigenvalue weighted by Crippen LogP contribution is -2.60. The van der Waals surface area contributed by atoms with Gasteiger partial charge >= 0.3 is 23.8 Å². The number of carbonyl (C=O) groups is 10. The highest BCUT2D eigenvalue weighted by Crippen LogP contribution is 2.55. The van der Waals surface area contributed by atoms with Crippen LogP contribution in [0.25, 0.3) is 0 Å². The lowest BCUT2D eigenvalue weighted by molar-refractivity contribution is -0.387. The SMILES string of the molecule is CCC(=O)NCCOCCOCCOCCn1cc(CC(OC(=O)Cc2ccc(COC(=O)N[C@@H]3C[C@H](O[C@H]4C[C@](O)(C(=O)CO)Cc5c(O)c6c(c(O)c54)C(=O)c4c(C)cccc4C6=O)OC(C)C3O)cc2COC(=O)N[C@@H]2C[C@H](O[C@H]3C[C@](O)(C(=O)CO)Cc4c(O)c5c(c(O)c43)C(=O)c3c(OC)cccc3C5=O)OC(C)C2O)c2ccc(O[C@@H]3OC(CO)[C@H](O)C(O)[C@@H]3O)c([N+](=O)[O-])c2)nn1. The van der Waals surface area contributed by atoms with Crippen molar-refractivity contribution in [3.05, 3.63) is 189 Å². The molecule has 0 saturated carbocycles. The highest BCUT2D eigenvalue weighted by molar-refractivity contribution is 6.32. The molecule has 3 fully saturated rings. The van der Waals surface area contributed by atoms with Gasteiger partial charge in [-0.15, -0.1) is 5.10 Å². The molecule has 17 N–H and O–H groups in total. The molecule has 7 aliphatic rings. The zero-order chi connectivity index (χ0) is 100. The molecule has 139 heavy (non-hydrogen) atoms. The molecule has 4 aliphatic carbocycles. The Bertz CT molecular complexity index is 5890. The van der Waals surface area contributed by atoms with Crippen molar-refractivity contribution in [3.63, 3.8) is 0 Å². The number of fused-ring (bicyclic) bond motifs is 6. The van der Waals surface area contributed by atoms with Crippen LogP contribution >= 0.6 is 0 Å². The first-order valence-electron chi connectivity index (χ1n) is 44.5. The number of nitrogens with one attached hydrogen (secondary N) is 3. The Kier molecular flexibility index (Phi) is 32.0. The van der Waals surface area contributed by atoms with Gasteiger partial charge in [-0.05, 0) is 66.8 Å². The second-order valence-electron chi connectivity index (χ2n) is 34.5. The van der Waals surface area contributed by atoms with E-state index in [9.17, 15) is 130 Å². The third kappa shape index (κ3) is 21.6. The largest absolute Gasteiger partial charge is 0.507 e. The maximum Gasteiger partial charge on any atom is 0.407 e. The predicted octanol–water partition coefficient (Wildman–Crippen LogP) is 0.875. The van der Waals surface area contributed by atoms with Gasteiger partial charge in [0.1, 0.15) is 109 Å². The van der Waals surface area contributed by atoms with Crippen LogP contribution in [0.1, 0.15) is 191 Å². The van der Waals surface area contributed by atoms with Crippen LogP contribution in [0.5, 0.6) is 34.5 Å². The smallest absolute Gasteiger partial charge is 0.407 e. The third-order valence-electron chi connectivity index (χ3n) is 25.5. The first kappa shape index (κ1) is 102. The second-order valence-corrected chi connectivity index (χ2v) is 34.5. The Hall–Kier alpha value is -12.6. The molecule has 1 aromatic heterocycles. The van der Waals surface area contributed by atoms with E-state index in [0.29, 0.717) is 18.5 Å². The van der Waals surface area contributed by atoms with E-state index in [2.05, 4.69) is 26.3 Å². The number of ketones is 6. The monoisotopic (exact) mass is 1940 g/mol. The van der Waals surface area contributed by atoms with E-state index in [1.54, 1.807) is 19.9 Å². The Balaban J connectivity index is 0.718. The number of hydrogen-bond acceptors (Lipinski definition) is 41. The number of nitro groups is 1. The van der Waals surface area contributed by atoms with E-state index >= 15 is 0 Å². The summed E-state index contributed by atoms with van der Waals surface area (Å²) in [7, 11) is 1.23. The van der Waals surface area contributed by atoms with Gasteiger partial charge in [0, 0.05) is 109 Å². The molecule has 3 amide bonds. The van der Waals surface area contributed by atoms with Crippen LogP contribution in [0.3, 0.4) is 0 Å². The molecule has 0 spiro atoms. The molecular weight excluding hydrogens is 1840 g/mol. The molecule has 18 atom stereocenters. The molecule has 7 aromatic rings. The summed E-state index contributed by atoms with van der Waals surface area (Å²) < 4.78 is 77.3. The minimum absolute atomic E-state index is 0.0246. The van der Waals surface area contributed by atoms with Gasteiger partial charge in [0.15, 0.2) is 47.2 Å². The molecule has 4 heterocycles. The van der Waals surface area contributed by atoms with E-state index in [-0.39, 0.29) is 131 Å². The van der Waals surface area contributed by atoms with Gasteiger partial charge in [-0.2, -0.15) is 0 Å². The van der Waals surface area contributed by atoms with Crippen LogP contribution in [-0.4, -0.2) is 314 Å². The number of phenols is 4. The average Bonchev–Trinajstić information content (AvgIpc) is 0.962. The van der Waals surface area contributed by atoms with Crippen LogP contribution in [-0.2, 0) is 117 Å². The summed E-state index contributed by atoms with van der Waals surface area (Å²) in [4.78, 5) is 151. The average molecular weight is 1940 g/mol. The molecule has 46 nitrogen and oxygen atoms in total.